The Kier molecular flexibility index (Phi) is 7.82. The Bertz CT molecular complexity index is 749. The molecule has 0 saturated heterocycles. The number of ether oxygens (including phenoxy) is 2. The van der Waals surface area contributed by atoms with Crippen LogP contribution >= 0.6 is 0 Å². The van der Waals surface area contributed by atoms with Crippen LogP contribution in [0.5, 0.6) is 11.5 Å². The number of nitriles is 1. The molecule has 0 aromatic heterocycles. The van der Waals surface area contributed by atoms with Crippen LogP contribution in [0, 0.1) is 23.7 Å². The first-order chi connectivity index (χ1) is 12.0. The average Bonchev–Trinajstić information content (AvgIpc) is 2.57. The van der Waals surface area contributed by atoms with Gasteiger partial charge in [-0.1, -0.05) is 12.0 Å². The molecule has 1 amide bonds. The van der Waals surface area contributed by atoms with Crippen LogP contribution in [0.25, 0.3) is 6.08 Å². The van der Waals surface area contributed by atoms with Crippen LogP contribution in [0.1, 0.15) is 25.0 Å². The van der Waals surface area contributed by atoms with E-state index in [2.05, 4.69) is 17.8 Å². The molecule has 25 heavy (non-hydrogen) atoms. The van der Waals surface area contributed by atoms with Crippen molar-refractivity contribution in [1.82, 2.24) is 5.32 Å². The molecule has 1 rings (SSSR count). The quantitative estimate of drug-likeness (QED) is 0.342. The van der Waals surface area contributed by atoms with Gasteiger partial charge in [0.15, 0.2) is 11.5 Å². The number of carbonyl (C=O) groups excluding carboxylic acids is 1. The first-order valence-electron chi connectivity index (χ1n) is 7.77. The number of amides is 1. The minimum atomic E-state index is -0.422. The van der Waals surface area contributed by atoms with Gasteiger partial charge in [-0.25, -0.2) is 0 Å². The minimum absolute atomic E-state index is 0.0117. The standard InChI is InChI=1S/C20H22N2O3/c1-6-8-16-10-15(11-17(13-21)20(23)22-14(3)4)12-18(24-5)19(16)25-9-7-2/h2,6,10-12,14H,1,8-9H2,3-5H3,(H,22,23)/b17-11-. The first kappa shape index (κ1) is 19.9. The van der Waals surface area contributed by atoms with E-state index < -0.39 is 5.91 Å². The summed E-state index contributed by atoms with van der Waals surface area (Å²) in [5, 5.41) is 12.0. The van der Waals surface area contributed by atoms with E-state index in [0.717, 1.165) is 5.56 Å². The normalized spacial score (nSPS) is 10.6. The molecule has 0 radical (unpaired) electrons. The van der Waals surface area contributed by atoms with E-state index in [4.69, 9.17) is 15.9 Å². The van der Waals surface area contributed by atoms with Gasteiger partial charge in [0.1, 0.15) is 18.2 Å². The maximum absolute atomic E-state index is 12.1. The molecule has 0 aliphatic carbocycles. The van der Waals surface area contributed by atoms with E-state index in [1.165, 1.54) is 13.2 Å². The summed E-state index contributed by atoms with van der Waals surface area (Å²) in [4.78, 5) is 12.1. The Morgan fingerprint density at radius 3 is 2.72 bits per heavy atom. The lowest BCUT2D eigenvalue weighted by Gasteiger charge is -2.14. The second kappa shape index (κ2) is 9.85. The molecular formula is C20H22N2O3. The van der Waals surface area contributed by atoms with Gasteiger partial charge in [-0.2, -0.15) is 5.26 Å². The highest BCUT2D eigenvalue weighted by molar-refractivity contribution is 6.01. The second-order valence-corrected chi connectivity index (χ2v) is 5.49. The third kappa shape index (κ3) is 5.75. The zero-order valence-corrected chi connectivity index (χ0v) is 14.8. The van der Waals surface area contributed by atoms with Crippen molar-refractivity contribution in [2.24, 2.45) is 0 Å². The lowest BCUT2D eigenvalue weighted by molar-refractivity contribution is -0.117. The summed E-state index contributed by atoms with van der Waals surface area (Å²) < 4.78 is 10.9. The van der Waals surface area contributed by atoms with E-state index in [1.807, 2.05) is 26.0 Å². The van der Waals surface area contributed by atoms with Crippen LogP contribution < -0.4 is 14.8 Å². The number of nitrogens with zero attached hydrogens (tertiary/aromatic N) is 1. The highest BCUT2D eigenvalue weighted by Gasteiger charge is 2.14. The van der Waals surface area contributed by atoms with Gasteiger partial charge < -0.3 is 14.8 Å². The molecule has 1 N–H and O–H groups in total. The molecule has 0 unspecified atom stereocenters. The van der Waals surface area contributed by atoms with Crippen molar-refractivity contribution in [1.29, 1.82) is 5.26 Å². The second-order valence-electron chi connectivity index (χ2n) is 5.49. The minimum Gasteiger partial charge on any atom is -0.493 e. The van der Waals surface area contributed by atoms with Crippen LogP contribution in [-0.2, 0) is 11.2 Å². The van der Waals surface area contributed by atoms with Gasteiger partial charge >= 0.3 is 0 Å². The molecule has 0 fully saturated rings. The highest BCUT2D eigenvalue weighted by atomic mass is 16.5. The summed E-state index contributed by atoms with van der Waals surface area (Å²) in [7, 11) is 1.51. The van der Waals surface area contributed by atoms with E-state index in [9.17, 15) is 10.1 Å². The van der Waals surface area contributed by atoms with Gasteiger partial charge in [0.25, 0.3) is 5.91 Å². The molecule has 0 aliphatic heterocycles. The van der Waals surface area contributed by atoms with E-state index in [1.54, 1.807) is 12.1 Å². The third-order valence-corrected chi connectivity index (χ3v) is 3.13. The lowest BCUT2D eigenvalue weighted by atomic mass is 10.0. The zero-order chi connectivity index (χ0) is 18.8. The highest BCUT2D eigenvalue weighted by Crippen LogP contribution is 2.34. The molecular weight excluding hydrogens is 316 g/mol. The van der Waals surface area contributed by atoms with Crippen molar-refractivity contribution in [2.45, 2.75) is 26.3 Å². The Hall–Kier alpha value is -3.18. The molecule has 1 aromatic carbocycles. The predicted molar refractivity (Wildman–Crippen MR) is 98.1 cm³/mol. The van der Waals surface area contributed by atoms with Crippen molar-refractivity contribution in [3.63, 3.8) is 0 Å². The number of nitrogens with one attached hydrogen (secondary N) is 1. The SMILES string of the molecule is C#CCOc1c(CC=C)cc(/C=C(/C#N)C(=O)NC(C)C)cc1OC. The zero-order valence-electron chi connectivity index (χ0n) is 14.8. The number of hydrogen-bond acceptors (Lipinski definition) is 4. The molecule has 0 atom stereocenters. The Balaban J connectivity index is 3.36. The Morgan fingerprint density at radius 1 is 1.48 bits per heavy atom. The summed E-state index contributed by atoms with van der Waals surface area (Å²) in [6.07, 6.45) is 9.01. The van der Waals surface area contributed by atoms with Crippen molar-refractivity contribution < 1.29 is 14.3 Å². The summed E-state index contributed by atoms with van der Waals surface area (Å²) in [6.45, 7) is 7.50. The van der Waals surface area contributed by atoms with Crippen LogP contribution in [0.15, 0.2) is 30.4 Å². The summed E-state index contributed by atoms with van der Waals surface area (Å²) >= 11 is 0. The third-order valence-electron chi connectivity index (χ3n) is 3.13. The maximum Gasteiger partial charge on any atom is 0.262 e. The topological polar surface area (TPSA) is 71.3 Å². The molecule has 0 saturated carbocycles. The van der Waals surface area contributed by atoms with Crippen molar-refractivity contribution in [2.75, 3.05) is 13.7 Å². The number of hydrogen-bond donors (Lipinski definition) is 1. The van der Waals surface area contributed by atoms with E-state index in [-0.39, 0.29) is 18.2 Å². The predicted octanol–water partition coefficient (Wildman–Crippen LogP) is 2.87. The molecule has 0 bridgehead atoms. The van der Waals surface area contributed by atoms with Gasteiger partial charge in [-0.15, -0.1) is 13.0 Å². The monoisotopic (exact) mass is 338 g/mol. The van der Waals surface area contributed by atoms with Crippen LogP contribution in [0.4, 0.5) is 0 Å². The number of allylic oxidation sites excluding steroid dienone is 1. The van der Waals surface area contributed by atoms with Gasteiger partial charge in [-0.05, 0) is 44.0 Å². The number of rotatable bonds is 8. The Labute approximate surface area is 148 Å². The number of methoxy groups -OCH3 is 1. The molecule has 1 aromatic rings. The fourth-order valence-electron chi connectivity index (χ4n) is 2.16. The first-order valence-corrected chi connectivity index (χ1v) is 7.77. The van der Waals surface area contributed by atoms with E-state index in [0.29, 0.717) is 23.5 Å². The van der Waals surface area contributed by atoms with Crippen LogP contribution in [0.3, 0.4) is 0 Å². The number of terminal acetylenes is 1. The molecule has 5 heteroatoms. The van der Waals surface area contributed by atoms with Crippen LogP contribution in [-0.4, -0.2) is 25.7 Å². The molecule has 0 heterocycles. The van der Waals surface area contributed by atoms with Crippen molar-refractivity contribution >= 4 is 12.0 Å². The number of benzene rings is 1. The lowest BCUT2D eigenvalue weighted by Crippen LogP contribution is -2.30. The summed E-state index contributed by atoms with van der Waals surface area (Å²) in [5.41, 5.74) is 1.47. The summed E-state index contributed by atoms with van der Waals surface area (Å²) in [5.74, 6) is 3.00. The molecule has 0 aliphatic rings. The summed E-state index contributed by atoms with van der Waals surface area (Å²) in [6, 6.07) is 5.37. The fourth-order valence-corrected chi connectivity index (χ4v) is 2.16. The van der Waals surface area contributed by atoms with Gasteiger partial charge in [0.2, 0.25) is 0 Å². The maximum atomic E-state index is 12.1. The smallest absolute Gasteiger partial charge is 0.262 e. The number of carbonyl (C=O) groups is 1. The van der Waals surface area contributed by atoms with Gasteiger partial charge in [0.05, 0.1) is 7.11 Å². The molecule has 0 spiro atoms. The van der Waals surface area contributed by atoms with Crippen LogP contribution in [0.2, 0.25) is 0 Å². The van der Waals surface area contributed by atoms with Gasteiger partial charge in [0, 0.05) is 11.6 Å². The van der Waals surface area contributed by atoms with E-state index >= 15 is 0 Å². The average molecular weight is 338 g/mol. The fraction of sp³-hybridized carbons (Fsp3) is 0.300. The largest absolute Gasteiger partial charge is 0.493 e. The molecule has 5 nitrogen and oxygen atoms in total. The Morgan fingerprint density at radius 2 is 2.20 bits per heavy atom. The van der Waals surface area contributed by atoms with Crippen molar-refractivity contribution in [3.05, 3.63) is 41.5 Å². The van der Waals surface area contributed by atoms with Crippen molar-refractivity contribution in [3.8, 4) is 29.9 Å². The van der Waals surface area contributed by atoms with Gasteiger partial charge in [-0.3, -0.25) is 4.79 Å². The molecule has 130 valence electrons.